The first kappa shape index (κ1) is 23.0. The van der Waals surface area contributed by atoms with E-state index in [4.69, 9.17) is 36.1 Å². The lowest BCUT2D eigenvalue weighted by atomic mass is 9.95. The van der Waals surface area contributed by atoms with Gasteiger partial charge in [-0.3, -0.25) is 14.5 Å². The third-order valence-electron chi connectivity index (χ3n) is 6.09. The van der Waals surface area contributed by atoms with Gasteiger partial charge < -0.3 is 14.8 Å². The first-order chi connectivity index (χ1) is 16.6. The zero-order chi connectivity index (χ0) is 23.7. The van der Waals surface area contributed by atoms with Crippen LogP contribution in [0.4, 0.5) is 11.6 Å². The summed E-state index contributed by atoms with van der Waals surface area (Å²) in [4.78, 5) is 22.9. The van der Waals surface area contributed by atoms with Gasteiger partial charge in [0.05, 0.1) is 37.4 Å². The molecule has 0 spiro atoms. The van der Waals surface area contributed by atoms with E-state index in [9.17, 15) is 4.79 Å². The molecule has 10 nitrogen and oxygen atoms in total. The van der Waals surface area contributed by atoms with Crippen LogP contribution in [0.15, 0.2) is 24.4 Å². The number of carbonyl (C=O) groups excluding carboxylic acids is 1. The molecule has 4 heterocycles. The number of nitrogens with zero attached hydrogens (tertiary/aromatic N) is 6. The molecule has 11 heteroatoms. The summed E-state index contributed by atoms with van der Waals surface area (Å²) in [6.45, 7) is 9.24. The number of rotatable bonds is 8. The molecule has 180 valence electrons. The first-order valence-electron chi connectivity index (χ1n) is 11.6. The topological polar surface area (TPSA) is 97.6 Å². The van der Waals surface area contributed by atoms with E-state index in [-0.39, 0.29) is 5.91 Å². The highest BCUT2D eigenvalue weighted by Crippen LogP contribution is 2.40. The number of fused-ring (bicyclic) bond motifs is 2. The minimum atomic E-state index is -0.606. The number of ether oxygens (including phenoxy) is 2. The molecule has 1 atom stereocenters. The Bertz CT molecular complexity index is 1190. The van der Waals surface area contributed by atoms with Crippen LogP contribution in [0.1, 0.15) is 31.0 Å². The molecule has 1 fully saturated rings. The Balaban J connectivity index is 1.63. The summed E-state index contributed by atoms with van der Waals surface area (Å²) in [6.07, 6.45) is 1.90. The molecular formula is C23H28ClN7O3. The normalized spacial score (nSPS) is 18.3. The maximum Gasteiger partial charge on any atom is 0.242 e. The van der Waals surface area contributed by atoms with E-state index < -0.39 is 5.92 Å². The molecule has 2 aromatic heterocycles. The molecule has 0 radical (unpaired) electrons. The van der Waals surface area contributed by atoms with Crippen molar-refractivity contribution in [2.24, 2.45) is 0 Å². The van der Waals surface area contributed by atoms with Gasteiger partial charge in [-0.2, -0.15) is 10.1 Å². The molecule has 5 rings (SSSR count). The smallest absolute Gasteiger partial charge is 0.242 e. The standard InChI is InChI=1S/C23H28ClN7O3/c1-3-31(30-8-11-34-12-9-30)23-26-20(17-14-29(7-10-33-4-2)28-21(17)27-23)19-16-13-15(24)5-6-18(16)25-22(19)32/h5-6,13-14,19H,3-4,7-12H2,1-2H3,(H,25,32). The summed E-state index contributed by atoms with van der Waals surface area (Å²) < 4.78 is 12.8. The Morgan fingerprint density at radius 3 is 2.85 bits per heavy atom. The van der Waals surface area contributed by atoms with Crippen molar-refractivity contribution in [3.63, 3.8) is 0 Å². The van der Waals surface area contributed by atoms with Gasteiger partial charge in [-0.15, -0.1) is 0 Å². The summed E-state index contributed by atoms with van der Waals surface area (Å²) in [5, 5.41) is 13.2. The average molecular weight is 486 g/mol. The number of benzene rings is 1. The lowest BCUT2D eigenvalue weighted by molar-refractivity contribution is -0.116. The van der Waals surface area contributed by atoms with Gasteiger partial charge in [0.15, 0.2) is 5.65 Å². The first-order valence-corrected chi connectivity index (χ1v) is 12.0. The van der Waals surface area contributed by atoms with E-state index >= 15 is 0 Å². The molecule has 1 saturated heterocycles. The van der Waals surface area contributed by atoms with Gasteiger partial charge in [-0.25, -0.2) is 9.99 Å². The fraction of sp³-hybridized carbons (Fsp3) is 0.478. The molecule has 1 N–H and O–H groups in total. The maximum absolute atomic E-state index is 13.2. The average Bonchev–Trinajstić information content (AvgIpc) is 3.39. The molecule has 34 heavy (non-hydrogen) atoms. The van der Waals surface area contributed by atoms with Crippen LogP contribution in [0.5, 0.6) is 0 Å². The number of carbonyl (C=O) groups is 1. The highest BCUT2D eigenvalue weighted by Gasteiger charge is 2.36. The van der Waals surface area contributed by atoms with Crippen molar-refractivity contribution in [2.45, 2.75) is 26.3 Å². The van der Waals surface area contributed by atoms with Crippen LogP contribution in [-0.2, 0) is 20.8 Å². The summed E-state index contributed by atoms with van der Waals surface area (Å²) in [6, 6.07) is 5.42. The quantitative estimate of drug-likeness (QED) is 0.486. The number of aromatic nitrogens is 4. The zero-order valence-electron chi connectivity index (χ0n) is 19.3. The van der Waals surface area contributed by atoms with Crippen molar-refractivity contribution in [1.82, 2.24) is 24.8 Å². The minimum absolute atomic E-state index is 0.139. The van der Waals surface area contributed by atoms with Gasteiger partial charge in [-0.05, 0) is 37.6 Å². The Morgan fingerprint density at radius 2 is 2.09 bits per heavy atom. The summed E-state index contributed by atoms with van der Waals surface area (Å²) >= 11 is 6.29. The predicted octanol–water partition coefficient (Wildman–Crippen LogP) is 2.67. The number of halogens is 1. The third kappa shape index (κ3) is 4.34. The number of amides is 1. The molecular weight excluding hydrogens is 458 g/mol. The predicted molar refractivity (Wildman–Crippen MR) is 129 cm³/mol. The van der Waals surface area contributed by atoms with Crippen LogP contribution in [0.3, 0.4) is 0 Å². The number of hydrogen-bond acceptors (Lipinski definition) is 8. The SMILES string of the molecule is CCOCCn1cc2c(C3C(=O)Nc4ccc(Cl)cc43)nc(N(CC)N3CCOCC3)nc2n1. The largest absolute Gasteiger partial charge is 0.380 e. The van der Waals surface area contributed by atoms with Crippen molar-refractivity contribution < 1.29 is 14.3 Å². The molecule has 2 aliphatic heterocycles. The highest BCUT2D eigenvalue weighted by molar-refractivity contribution is 6.31. The fourth-order valence-electron chi connectivity index (χ4n) is 4.48. The van der Waals surface area contributed by atoms with Crippen molar-refractivity contribution in [2.75, 3.05) is 56.4 Å². The second-order valence-electron chi connectivity index (χ2n) is 8.17. The molecule has 0 saturated carbocycles. The van der Waals surface area contributed by atoms with Crippen LogP contribution < -0.4 is 10.3 Å². The maximum atomic E-state index is 13.2. The highest BCUT2D eigenvalue weighted by atomic mass is 35.5. The zero-order valence-corrected chi connectivity index (χ0v) is 20.1. The second kappa shape index (κ2) is 9.83. The van der Waals surface area contributed by atoms with E-state index in [1.165, 1.54) is 0 Å². The second-order valence-corrected chi connectivity index (χ2v) is 8.61. The molecule has 1 unspecified atom stereocenters. The Labute approximate surface area is 202 Å². The van der Waals surface area contributed by atoms with Crippen LogP contribution in [0.2, 0.25) is 5.02 Å². The van der Waals surface area contributed by atoms with E-state index in [1.54, 1.807) is 10.7 Å². The number of anilines is 2. The number of morpholine rings is 1. The van der Waals surface area contributed by atoms with E-state index in [1.807, 2.05) is 30.3 Å². The minimum Gasteiger partial charge on any atom is -0.380 e. The van der Waals surface area contributed by atoms with Crippen LogP contribution >= 0.6 is 11.6 Å². The van der Waals surface area contributed by atoms with Crippen molar-refractivity contribution >= 4 is 40.2 Å². The molecule has 2 aliphatic rings. The van der Waals surface area contributed by atoms with Gasteiger partial charge in [-0.1, -0.05) is 11.6 Å². The fourth-order valence-corrected chi connectivity index (χ4v) is 4.66. The van der Waals surface area contributed by atoms with Gasteiger partial charge in [0.2, 0.25) is 11.9 Å². The number of nitrogens with one attached hydrogen (secondary N) is 1. The Morgan fingerprint density at radius 1 is 1.26 bits per heavy atom. The van der Waals surface area contributed by atoms with Crippen LogP contribution in [-0.4, -0.2) is 76.7 Å². The van der Waals surface area contributed by atoms with Crippen LogP contribution in [0, 0.1) is 0 Å². The number of hydrogen-bond donors (Lipinski definition) is 1. The van der Waals surface area contributed by atoms with Crippen molar-refractivity contribution in [3.05, 3.63) is 40.7 Å². The van der Waals surface area contributed by atoms with E-state index in [0.717, 1.165) is 29.7 Å². The van der Waals surface area contributed by atoms with E-state index in [0.29, 0.717) is 61.8 Å². The molecule has 1 amide bonds. The Hall–Kier alpha value is -2.79. The van der Waals surface area contributed by atoms with Gasteiger partial charge in [0, 0.05) is 43.1 Å². The lowest BCUT2D eigenvalue weighted by Crippen LogP contribution is -2.49. The van der Waals surface area contributed by atoms with Crippen LogP contribution in [0.25, 0.3) is 11.0 Å². The summed E-state index contributed by atoms with van der Waals surface area (Å²) in [5.41, 5.74) is 2.72. The van der Waals surface area contributed by atoms with E-state index in [2.05, 4.69) is 17.2 Å². The summed E-state index contributed by atoms with van der Waals surface area (Å²) in [7, 11) is 0. The third-order valence-corrected chi connectivity index (χ3v) is 6.33. The Kier molecular flexibility index (Phi) is 6.64. The van der Waals surface area contributed by atoms with Crippen molar-refractivity contribution in [3.8, 4) is 0 Å². The van der Waals surface area contributed by atoms with Crippen molar-refractivity contribution in [1.29, 1.82) is 0 Å². The van der Waals surface area contributed by atoms with Gasteiger partial charge in [0.25, 0.3) is 0 Å². The molecule has 1 aromatic carbocycles. The lowest BCUT2D eigenvalue weighted by Gasteiger charge is -2.36. The molecule has 0 bridgehead atoms. The van der Waals surface area contributed by atoms with Gasteiger partial charge >= 0.3 is 0 Å². The monoisotopic (exact) mass is 485 g/mol. The molecule has 0 aliphatic carbocycles. The molecule has 3 aromatic rings. The number of hydrazine groups is 1. The van der Waals surface area contributed by atoms with Gasteiger partial charge in [0.1, 0.15) is 5.92 Å². The summed E-state index contributed by atoms with van der Waals surface area (Å²) in [5.74, 6) is -0.226.